The zero-order valence-electron chi connectivity index (χ0n) is 10.7. The predicted molar refractivity (Wildman–Crippen MR) is 79.0 cm³/mol. The lowest BCUT2D eigenvalue weighted by Crippen LogP contribution is -2.02. The smallest absolute Gasteiger partial charge is 0.0991 e. The fraction of sp³-hybridized carbons (Fsp3) is 0.0667. The summed E-state index contributed by atoms with van der Waals surface area (Å²) in [6, 6.07) is 13.4. The molecule has 0 radical (unpaired) electrons. The first-order valence-corrected chi connectivity index (χ1v) is 6.22. The summed E-state index contributed by atoms with van der Waals surface area (Å²) < 4.78 is 0. The van der Waals surface area contributed by atoms with Crippen molar-refractivity contribution in [1.29, 1.82) is 5.26 Å². The Labute approximate surface area is 116 Å². The van der Waals surface area contributed by atoms with Gasteiger partial charge in [-0.2, -0.15) is 10.4 Å². The van der Waals surface area contributed by atoms with Crippen LogP contribution in [0.25, 0.3) is 10.9 Å². The lowest BCUT2D eigenvalue weighted by atomic mass is 10.1. The van der Waals surface area contributed by atoms with Crippen LogP contribution in [0, 0.1) is 11.3 Å². The number of hydrogen-bond donors (Lipinski definition) is 3. The number of benzene rings is 2. The minimum atomic E-state index is 0.610. The van der Waals surface area contributed by atoms with Crippen LogP contribution < -0.4 is 11.1 Å². The standard InChI is InChI=1S/C15H13N5/c16-7-10-2-1-3-11(4-10)8-18-15-6-14-12(5-13(15)17)9-19-20-14/h1-6,9,18H,8,17H2,(H,19,20). The molecule has 0 fully saturated rings. The van der Waals surface area contributed by atoms with Gasteiger partial charge in [0.1, 0.15) is 0 Å². The van der Waals surface area contributed by atoms with Crippen LogP contribution in [0.1, 0.15) is 11.1 Å². The third kappa shape index (κ3) is 2.27. The highest BCUT2D eigenvalue weighted by atomic mass is 15.1. The Morgan fingerprint density at radius 3 is 3.05 bits per heavy atom. The number of nitrogens with two attached hydrogens (primary N) is 1. The van der Waals surface area contributed by atoms with Crippen molar-refractivity contribution in [2.75, 3.05) is 11.1 Å². The Bertz CT molecular complexity index is 797. The molecule has 1 heterocycles. The summed E-state index contributed by atoms with van der Waals surface area (Å²) in [5.74, 6) is 0. The van der Waals surface area contributed by atoms with Gasteiger partial charge in [0, 0.05) is 11.9 Å². The van der Waals surface area contributed by atoms with Gasteiger partial charge in [0.05, 0.1) is 34.7 Å². The summed E-state index contributed by atoms with van der Waals surface area (Å²) >= 11 is 0. The van der Waals surface area contributed by atoms with E-state index in [1.807, 2.05) is 30.3 Å². The van der Waals surface area contributed by atoms with E-state index in [0.29, 0.717) is 17.8 Å². The zero-order chi connectivity index (χ0) is 13.9. The number of aromatic nitrogens is 2. The molecule has 0 spiro atoms. The van der Waals surface area contributed by atoms with E-state index in [1.54, 1.807) is 12.3 Å². The molecule has 5 heteroatoms. The van der Waals surface area contributed by atoms with Crippen molar-refractivity contribution >= 4 is 22.3 Å². The summed E-state index contributed by atoms with van der Waals surface area (Å²) in [7, 11) is 0. The molecule has 0 saturated carbocycles. The molecule has 2 aromatic carbocycles. The molecule has 0 unspecified atom stereocenters. The van der Waals surface area contributed by atoms with Crippen LogP contribution in [0.3, 0.4) is 0 Å². The molecular weight excluding hydrogens is 250 g/mol. The molecule has 0 aliphatic rings. The van der Waals surface area contributed by atoms with Crippen molar-refractivity contribution in [2.24, 2.45) is 0 Å². The van der Waals surface area contributed by atoms with Gasteiger partial charge in [0.15, 0.2) is 0 Å². The van der Waals surface area contributed by atoms with Crippen LogP contribution in [-0.2, 0) is 6.54 Å². The van der Waals surface area contributed by atoms with Crippen LogP contribution in [0.4, 0.5) is 11.4 Å². The number of fused-ring (bicyclic) bond motifs is 1. The zero-order valence-corrected chi connectivity index (χ0v) is 10.7. The van der Waals surface area contributed by atoms with Crippen LogP contribution in [0.15, 0.2) is 42.6 Å². The van der Waals surface area contributed by atoms with Crippen molar-refractivity contribution in [3.8, 4) is 6.07 Å². The Hall–Kier alpha value is -3.00. The average molecular weight is 263 g/mol. The van der Waals surface area contributed by atoms with Gasteiger partial charge in [0.25, 0.3) is 0 Å². The maximum absolute atomic E-state index is 8.88. The van der Waals surface area contributed by atoms with Crippen molar-refractivity contribution in [3.63, 3.8) is 0 Å². The summed E-state index contributed by atoms with van der Waals surface area (Å²) in [5, 5.41) is 20.0. The minimum absolute atomic E-state index is 0.610. The third-order valence-corrected chi connectivity index (χ3v) is 3.15. The maximum Gasteiger partial charge on any atom is 0.0991 e. The summed E-state index contributed by atoms with van der Waals surface area (Å²) in [6.07, 6.45) is 1.74. The van der Waals surface area contributed by atoms with Crippen molar-refractivity contribution in [1.82, 2.24) is 10.2 Å². The van der Waals surface area contributed by atoms with Crippen LogP contribution in [-0.4, -0.2) is 10.2 Å². The second-order valence-electron chi connectivity index (χ2n) is 4.56. The van der Waals surface area contributed by atoms with E-state index in [0.717, 1.165) is 22.2 Å². The number of anilines is 2. The monoisotopic (exact) mass is 263 g/mol. The lowest BCUT2D eigenvalue weighted by Gasteiger charge is -2.09. The number of nitrogens with one attached hydrogen (secondary N) is 2. The molecule has 5 nitrogen and oxygen atoms in total. The molecule has 3 rings (SSSR count). The van der Waals surface area contributed by atoms with Gasteiger partial charge in [-0.15, -0.1) is 0 Å². The molecule has 1 aromatic heterocycles. The van der Waals surface area contributed by atoms with Gasteiger partial charge >= 0.3 is 0 Å². The first-order chi connectivity index (χ1) is 9.76. The van der Waals surface area contributed by atoms with E-state index in [4.69, 9.17) is 11.0 Å². The molecule has 0 aliphatic heterocycles. The van der Waals surface area contributed by atoms with E-state index in [-0.39, 0.29) is 0 Å². The molecule has 0 saturated heterocycles. The molecule has 20 heavy (non-hydrogen) atoms. The van der Waals surface area contributed by atoms with E-state index in [2.05, 4.69) is 21.6 Å². The number of hydrogen-bond acceptors (Lipinski definition) is 4. The molecule has 0 atom stereocenters. The number of nitrogen functional groups attached to an aromatic ring is 1. The summed E-state index contributed by atoms with van der Waals surface area (Å²) in [5.41, 5.74) is 10.2. The Morgan fingerprint density at radius 2 is 2.20 bits per heavy atom. The first-order valence-electron chi connectivity index (χ1n) is 6.22. The fourth-order valence-corrected chi connectivity index (χ4v) is 2.11. The fourth-order valence-electron chi connectivity index (χ4n) is 2.11. The highest BCUT2D eigenvalue weighted by molar-refractivity contribution is 5.88. The van der Waals surface area contributed by atoms with Crippen LogP contribution in [0.5, 0.6) is 0 Å². The highest BCUT2D eigenvalue weighted by Crippen LogP contribution is 2.25. The van der Waals surface area contributed by atoms with Crippen molar-refractivity contribution < 1.29 is 0 Å². The second-order valence-corrected chi connectivity index (χ2v) is 4.56. The molecule has 0 amide bonds. The molecular formula is C15H13N5. The molecule has 0 bridgehead atoms. The summed E-state index contributed by atoms with van der Waals surface area (Å²) in [4.78, 5) is 0. The van der Waals surface area contributed by atoms with E-state index in [9.17, 15) is 0 Å². The number of nitrogens with zero attached hydrogens (tertiary/aromatic N) is 2. The highest BCUT2D eigenvalue weighted by Gasteiger charge is 2.04. The number of H-pyrrole nitrogens is 1. The van der Waals surface area contributed by atoms with Crippen molar-refractivity contribution in [3.05, 3.63) is 53.7 Å². The van der Waals surface area contributed by atoms with Gasteiger partial charge in [-0.25, -0.2) is 0 Å². The Kier molecular flexibility index (Phi) is 2.98. The Balaban J connectivity index is 1.82. The first kappa shape index (κ1) is 12.1. The largest absolute Gasteiger partial charge is 0.397 e. The van der Waals surface area contributed by atoms with Gasteiger partial charge in [-0.05, 0) is 29.8 Å². The number of nitriles is 1. The topological polar surface area (TPSA) is 90.5 Å². The predicted octanol–water partition coefficient (Wildman–Crippen LogP) is 2.63. The van der Waals surface area contributed by atoms with Crippen molar-refractivity contribution in [2.45, 2.75) is 6.54 Å². The minimum Gasteiger partial charge on any atom is -0.397 e. The number of rotatable bonds is 3. The number of aromatic amines is 1. The van der Waals surface area contributed by atoms with Gasteiger partial charge in [-0.3, -0.25) is 5.10 Å². The van der Waals surface area contributed by atoms with Gasteiger partial charge in [0.2, 0.25) is 0 Å². The van der Waals surface area contributed by atoms with Gasteiger partial charge < -0.3 is 11.1 Å². The van der Waals surface area contributed by atoms with E-state index < -0.39 is 0 Å². The quantitative estimate of drug-likeness (QED) is 0.633. The molecule has 4 N–H and O–H groups in total. The molecule has 0 aliphatic carbocycles. The SMILES string of the molecule is N#Cc1cccc(CNc2cc3[nH]ncc3cc2N)c1. The van der Waals surface area contributed by atoms with Crippen LogP contribution in [0.2, 0.25) is 0 Å². The molecule has 98 valence electrons. The summed E-state index contributed by atoms with van der Waals surface area (Å²) in [6.45, 7) is 0.610. The average Bonchev–Trinajstić information content (AvgIpc) is 2.92. The Morgan fingerprint density at radius 1 is 1.30 bits per heavy atom. The lowest BCUT2D eigenvalue weighted by molar-refractivity contribution is 1.12. The maximum atomic E-state index is 8.88. The van der Waals surface area contributed by atoms with Crippen LogP contribution >= 0.6 is 0 Å². The van der Waals surface area contributed by atoms with Gasteiger partial charge in [-0.1, -0.05) is 12.1 Å². The normalized spacial score (nSPS) is 10.3. The van der Waals surface area contributed by atoms with E-state index in [1.165, 1.54) is 0 Å². The second kappa shape index (κ2) is 4.94. The third-order valence-electron chi connectivity index (χ3n) is 3.15. The van der Waals surface area contributed by atoms with E-state index >= 15 is 0 Å². The molecule has 3 aromatic rings.